The van der Waals surface area contributed by atoms with Crippen LogP contribution in [0.4, 0.5) is 0 Å². The van der Waals surface area contributed by atoms with Crippen molar-refractivity contribution < 1.29 is 36.7 Å². The fourth-order valence-electron chi connectivity index (χ4n) is 3.19. The van der Waals surface area contributed by atoms with Crippen LogP contribution in [-0.4, -0.2) is 30.7 Å². The Morgan fingerprint density at radius 2 is 1.50 bits per heavy atom. The second-order valence-electron chi connectivity index (χ2n) is 7.59. The van der Waals surface area contributed by atoms with Gasteiger partial charge in [-0.1, -0.05) is 24.3 Å². The van der Waals surface area contributed by atoms with Gasteiger partial charge >= 0.3 is 16.1 Å². The standard InChI is InChI=1S/C25H24N2O6S/c1-4-33-25(29)22-15-20(6-5-18-9-12-26(2)13-10-18)24(28)21(16-22)8-7-19-11-14-27(3)17-23(19)34(30,31)32/h5-17H,4H2,1-3H3/p+2. The van der Waals surface area contributed by atoms with Crippen molar-refractivity contribution in [1.29, 1.82) is 0 Å². The lowest BCUT2D eigenvalue weighted by atomic mass is 10.0. The quantitative estimate of drug-likeness (QED) is 0.305. The van der Waals surface area contributed by atoms with Gasteiger partial charge in [-0.05, 0) is 24.6 Å². The molecule has 0 amide bonds. The Morgan fingerprint density at radius 3 is 2.09 bits per heavy atom. The first-order valence-corrected chi connectivity index (χ1v) is 11.8. The van der Waals surface area contributed by atoms with Crippen molar-refractivity contribution in [2.45, 2.75) is 11.8 Å². The van der Waals surface area contributed by atoms with Crippen molar-refractivity contribution >= 4 is 40.4 Å². The number of carbonyl (C=O) groups is 1. The van der Waals surface area contributed by atoms with E-state index in [1.807, 2.05) is 36.1 Å². The molecule has 8 nitrogen and oxygen atoms in total. The van der Waals surface area contributed by atoms with Crippen LogP contribution < -0.4 is 9.13 Å². The summed E-state index contributed by atoms with van der Waals surface area (Å²) >= 11 is 0. The van der Waals surface area contributed by atoms with E-state index in [2.05, 4.69) is 0 Å². The first-order chi connectivity index (χ1) is 16.1. The maximum atomic E-state index is 12.4. The summed E-state index contributed by atoms with van der Waals surface area (Å²) in [4.78, 5) is 12.1. The van der Waals surface area contributed by atoms with Crippen molar-refractivity contribution in [3.05, 3.63) is 82.9 Å². The van der Waals surface area contributed by atoms with Gasteiger partial charge in [0.25, 0.3) is 0 Å². The minimum Gasteiger partial charge on any atom is -0.507 e. The van der Waals surface area contributed by atoms with Crippen LogP contribution in [0.5, 0.6) is 5.75 Å². The molecular weight excluding hydrogens is 456 g/mol. The monoisotopic (exact) mass is 482 g/mol. The fourth-order valence-corrected chi connectivity index (χ4v) is 3.92. The van der Waals surface area contributed by atoms with Crippen molar-refractivity contribution in [2.75, 3.05) is 6.61 Å². The number of esters is 1. The van der Waals surface area contributed by atoms with E-state index in [1.54, 1.807) is 32.3 Å². The highest BCUT2D eigenvalue weighted by atomic mass is 32.2. The Morgan fingerprint density at radius 1 is 0.941 bits per heavy atom. The fraction of sp³-hybridized carbons (Fsp3) is 0.160. The number of benzene rings is 1. The van der Waals surface area contributed by atoms with E-state index in [9.17, 15) is 22.9 Å². The van der Waals surface area contributed by atoms with E-state index in [1.165, 1.54) is 41.1 Å². The summed E-state index contributed by atoms with van der Waals surface area (Å²) in [5.74, 6) is -0.652. The highest BCUT2D eigenvalue weighted by molar-refractivity contribution is 7.85. The summed E-state index contributed by atoms with van der Waals surface area (Å²) in [7, 11) is -0.941. The molecule has 0 unspecified atom stereocenters. The summed E-state index contributed by atoms with van der Waals surface area (Å²) in [6, 6.07) is 8.30. The molecular formula is C25H26N2O6S+2. The van der Waals surface area contributed by atoms with Crippen LogP contribution >= 0.6 is 0 Å². The van der Waals surface area contributed by atoms with Crippen LogP contribution in [0.25, 0.3) is 24.3 Å². The highest BCUT2D eigenvalue weighted by Gasteiger charge is 2.19. The normalized spacial score (nSPS) is 11.9. The molecule has 2 heterocycles. The molecule has 2 N–H and O–H groups in total. The van der Waals surface area contributed by atoms with Gasteiger partial charge in [-0.15, -0.1) is 0 Å². The third kappa shape index (κ3) is 6.15. The number of nitrogens with zero attached hydrogens (tertiary/aromatic N) is 2. The van der Waals surface area contributed by atoms with Crippen LogP contribution in [0, 0.1) is 0 Å². The van der Waals surface area contributed by atoms with Crippen molar-refractivity contribution in [1.82, 2.24) is 0 Å². The number of rotatable bonds is 7. The minimum atomic E-state index is -4.47. The largest absolute Gasteiger partial charge is 0.507 e. The Balaban J connectivity index is 2.08. The van der Waals surface area contributed by atoms with E-state index in [4.69, 9.17) is 4.74 Å². The topological polar surface area (TPSA) is 109 Å². The van der Waals surface area contributed by atoms with E-state index in [0.717, 1.165) is 5.56 Å². The van der Waals surface area contributed by atoms with Gasteiger partial charge in [0.15, 0.2) is 29.7 Å². The number of hydrogen-bond donors (Lipinski definition) is 2. The number of pyridine rings is 2. The number of hydrogen-bond acceptors (Lipinski definition) is 5. The van der Waals surface area contributed by atoms with Crippen LogP contribution in [0.2, 0.25) is 0 Å². The van der Waals surface area contributed by atoms with Crippen molar-refractivity contribution in [3.63, 3.8) is 0 Å². The summed E-state index contributed by atoms with van der Waals surface area (Å²) in [5, 5.41) is 10.9. The number of aromatic nitrogens is 2. The smallest absolute Gasteiger partial charge is 0.338 e. The second-order valence-corrected chi connectivity index (χ2v) is 8.98. The molecule has 2 aromatic heterocycles. The molecule has 0 aliphatic heterocycles. The van der Waals surface area contributed by atoms with Crippen LogP contribution in [0.3, 0.4) is 0 Å². The van der Waals surface area contributed by atoms with Crippen LogP contribution in [0.15, 0.2) is 60.0 Å². The lowest BCUT2D eigenvalue weighted by Crippen LogP contribution is -2.28. The summed E-state index contributed by atoms with van der Waals surface area (Å²) in [6.07, 6.45) is 13.1. The predicted octanol–water partition coefficient (Wildman–Crippen LogP) is 2.81. The number of aromatic hydroxyl groups is 1. The molecule has 3 aromatic rings. The Labute approximate surface area is 198 Å². The number of phenols is 1. The zero-order chi connectivity index (χ0) is 24.9. The lowest BCUT2D eigenvalue weighted by Gasteiger charge is -2.09. The van der Waals surface area contributed by atoms with Gasteiger partial charge in [0.2, 0.25) is 0 Å². The minimum absolute atomic E-state index is 0.100. The van der Waals surface area contributed by atoms with E-state index in [0.29, 0.717) is 5.56 Å². The molecule has 0 atom stereocenters. The summed E-state index contributed by atoms with van der Waals surface area (Å²) < 4.78 is 41.6. The Bertz CT molecular complexity index is 1380. The summed E-state index contributed by atoms with van der Waals surface area (Å²) in [5.41, 5.74) is 2.00. The molecule has 1 aromatic carbocycles. The van der Waals surface area contributed by atoms with Gasteiger partial charge in [0.1, 0.15) is 19.8 Å². The van der Waals surface area contributed by atoms with Gasteiger partial charge in [0.05, 0.1) is 12.2 Å². The van der Waals surface area contributed by atoms with Gasteiger partial charge in [-0.3, -0.25) is 4.55 Å². The van der Waals surface area contributed by atoms with Gasteiger partial charge in [-0.25, -0.2) is 13.9 Å². The molecule has 0 saturated heterocycles. The molecule has 0 bridgehead atoms. The molecule has 0 aliphatic rings. The Hall–Kier alpha value is -3.82. The maximum absolute atomic E-state index is 12.4. The SMILES string of the molecule is CCOC(=O)c1cc(/C=C/c2cc[n+](C)cc2)c(O)c(/C=C/c2cc[n+](C)cc2S(=O)(=O)O)c1. The molecule has 0 radical (unpaired) electrons. The van der Waals surface area contributed by atoms with Gasteiger partial charge in [0, 0.05) is 34.9 Å². The molecule has 0 aliphatic carbocycles. The molecule has 34 heavy (non-hydrogen) atoms. The summed E-state index contributed by atoms with van der Waals surface area (Å²) in [6.45, 7) is 1.89. The molecule has 0 saturated carbocycles. The van der Waals surface area contributed by atoms with E-state index in [-0.39, 0.29) is 33.9 Å². The van der Waals surface area contributed by atoms with Gasteiger partial charge < -0.3 is 9.84 Å². The van der Waals surface area contributed by atoms with Crippen LogP contribution in [0.1, 0.15) is 39.5 Å². The molecule has 9 heteroatoms. The average Bonchev–Trinajstić information content (AvgIpc) is 2.78. The van der Waals surface area contributed by atoms with Crippen LogP contribution in [-0.2, 0) is 29.0 Å². The molecule has 0 spiro atoms. The average molecular weight is 483 g/mol. The number of aryl methyl sites for hydroxylation is 2. The predicted molar refractivity (Wildman–Crippen MR) is 127 cm³/mol. The first kappa shape index (κ1) is 24.8. The lowest BCUT2D eigenvalue weighted by molar-refractivity contribution is -0.673. The first-order valence-electron chi connectivity index (χ1n) is 10.4. The third-order valence-corrected chi connectivity index (χ3v) is 5.85. The number of carbonyl (C=O) groups excluding carboxylic acids is 1. The zero-order valence-corrected chi connectivity index (χ0v) is 19.9. The van der Waals surface area contributed by atoms with E-state index < -0.39 is 16.1 Å². The second kappa shape index (κ2) is 10.4. The molecule has 176 valence electrons. The molecule has 3 rings (SSSR count). The number of phenolic OH excluding ortho intramolecular Hbond substituents is 1. The number of ether oxygens (including phenoxy) is 1. The van der Waals surface area contributed by atoms with Crippen molar-refractivity contribution in [3.8, 4) is 5.75 Å². The molecule has 0 fully saturated rings. The van der Waals surface area contributed by atoms with Crippen molar-refractivity contribution in [2.24, 2.45) is 14.1 Å². The zero-order valence-electron chi connectivity index (χ0n) is 19.0. The van der Waals surface area contributed by atoms with Gasteiger partial charge in [-0.2, -0.15) is 8.42 Å². The highest BCUT2D eigenvalue weighted by Crippen LogP contribution is 2.29. The third-order valence-electron chi connectivity index (χ3n) is 4.95. The Kier molecular flexibility index (Phi) is 7.60. The maximum Gasteiger partial charge on any atom is 0.338 e. The van der Waals surface area contributed by atoms with E-state index >= 15 is 0 Å².